The number of halogens is 1. The topological polar surface area (TPSA) is 79.1 Å². The van der Waals surface area contributed by atoms with E-state index in [1.807, 2.05) is 54.6 Å². The molecule has 0 spiro atoms. The van der Waals surface area contributed by atoms with Gasteiger partial charge in [0.1, 0.15) is 10.7 Å². The minimum atomic E-state index is -1.05. The molecule has 0 aliphatic carbocycles. The Morgan fingerprint density at radius 1 is 1.14 bits per heavy atom. The number of benzene rings is 2. The molecule has 5 nitrogen and oxygen atoms in total. The molecule has 2 heterocycles. The number of nitrogens with zero attached hydrogens (tertiary/aromatic N) is 1. The summed E-state index contributed by atoms with van der Waals surface area (Å²) in [7, 11) is 0. The fraction of sp³-hybridized carbons (Fsp3) is 0. The summed E-state index contributed by atoms with van der Waals surface area (Å²) in [5, 5.41) is 10.8. The number of hydrogen-bond donors (Lipinski definition) is 2. The van der Waals surface area contributed by atoms with Gasteiger partial charge < -0.3 is 14.5 Å². The van der Waals surface area contributed by atoms with E-state index in [2.05, 4.69) is 25.9 Å². The van der Waals surface area contributed by atoms with Crippen LogP contribution in [0.3, 0.4) is 0 Å². The summed E-state index contributed by atoms with van der Waals surface area (Å²) < 4.78 is 6.60. The number of aromatic amines is 1. The van der Waals surface area contributed by atoms with Crippen LogP contribution in [0.4, 0.5) is 0 Å². The molecule has 0 aliphatic rings. The van der Waals surface area contributed by atoms with Gasteiger partial charge in [0.2, 0.25) is 0 Å². The highest BCUT2D eigenvalue weighted by Crippen LogP contribution is 2.37. The van der Waals surface area contributed by atoms with Gasteiger partial charge in [0.15, 0.2) is 10.2 Å². The summed E-state index contributed by atoms with van der Waals surface area (Å²) in [5.41, 5.74) is 1.65. The van der Waals surface area contributed by atoms with Crippen LogP contribution in [-0.2, 0) is 4.79 Å². The molecule has 0 saturated heterocycles. The number of aromatic nitrogens is 2. The Bertz CT molecular complexity index is 1140. The second-order valence-electron chi connectivity index (χ2n) is 5.67. The van der Waals surface area contributed by atoms with E-state index in [0.717, 1.165) is 32.2 Å². The van der Waals surface area contributed by atoms with Gasteiger partial charge in [0, 0.05) is 11.0 Å². The van der Waals surface area contributed by atoms with Crippen LogP contribution in [0.2, 0.25) is 0 Å². The van der Waals surface area contributed by atoms with Gasteiger partial charge in [-0.15, -0.1) is 0 Å². The van der Waals surface area contributed by atoms with Crippen molar-refractivity contribution in [3.05, 3.63) is 75.8 Å². The molecule has 0 saturated carbocycles. The maximum absolute atomic E-state index is 11.7. The first kappa shape index (κ1) is 18.9. The SMILES string of the molecule is O=C(O)/C(=C/c1cc(Br)c(Sc2ccccc2)o1)Sc1nc2ccccc2[nH]1. The fourth-order valence-corrected chi connectivity index (χ4v) is 4.58. The highest BCUT2D eigenvalue weighted by atomic mass is 79.9. The molecule has 0 radical (unpaired) electrons. The second kappa shape index (κ2) is 8.30. The molecule has 4 rings (SSSR count). The van der Waals surface area contributed by atoms with E-state index in [4.69, 9.17) is 4.42 Å². The fourth-order valence-electron chi connectivity index (χ4n) is 2.45. The summed E-state index contributed by atoms with van der Waals surface area (Å²) in [6, 6.07) is 19.1. The van der Waals surface area contributed by atoms with Gasteiger partial charge in [0.25, 0.3) is 0 Å². The van der Waals surface area contributed by atoms with E-state index >= 15 is 0 Å². The lowest BCUT2D eigenvalue weighted by molar-refractivity contribution is -0.131. The van der Waals surface area contributed by atoms with Crippen molar-refractivity contribution in [2.75, 3.05) is 0 Å². The number of furan rings is 1. The molecule has 0 fully saturated rings. The number of rotatable bonds is 6. The van der Waals surface area contributed by atoms with Crippen LogP contribution in [-0.4, -0.2) is 21.0 Å². The number of carboxylic acid groups (broad SMARTS) is 1. The molecule has 2 aromatic heterocycles. The van der Waals surface area contributed by atoms with Gasteiger partial charge in [0.05, 0.1) is 15.5 Å². The molecule has 8 heteroatoms. The smallest absolute Gasteiger partial charge is 0.342 e. The van der Waals surface area contributed by atoms with Crippen molar-refractivity contribution in [1.82, 2.24) is 9.97 Å². The standard InChI is InChI=1S/C20H13BrN2O3S2/c21-14-10-12(26-19(14)27-13-6-2-1-3-7-13)11-17(18(24)25)28-20-22-15-8-4-5-9-16(15)23-20/h1-11H,(H,22,23)(H,24,25)/b17-11-. The van der Waals surface area contributed by atoms with Crippen molar-refractivity contribution < 1.29 is 14.3 Å². The number of H-pyrrole nitrogens is 1. The van der Waals surface area contributed by atoms with Crippen LogP contribution in [0.5, 0.6) is 0 Å². The highest BCUT2D eigenvalue weighted by Gasteiger charge is 2.16. The highest BCUT2D eigenvalue weighted by molar-refractivity contribution is 9.10. The third-order valence-electron chi connectivity index (χ3n) is 3.69. The Hall–Kier alpha value is -2.42. The van der Waals surface area contributed by atoms with Crippen LogP contribution in [0.1, 0.15) is 5.76 Å². The molecular weight excluding hydrogens is 460 g/mol. The summed E-state index contributed by atoms with van der Waals surface area (Å²) in [6.07, 6.45) is 1.50. The van der Waals surface area contributed by atoms with Crippen LogP contribution < -0.4 is 0 Å². The number of aliphatic carboxylic acids is 1. The third-order valence-corrected chi connectivity index (χ3v) is 6.43. The zero-order chi connectivity index (χ0) is 19.5. The number of imidazole rings is 1. The van der Waals surface area contributed by atoms with Gasteiger partial charge in [-0.3, -0.25) is 0 Å². The molecule has 0 unspecified atom stereocenters. The maximum atomic E-state index is 11.7. The van der Waals surface area contributed by atoms with E-state index in [1.54, 1.807) is 6.07 Å². The number of carboxylic acids is 1. The molecule has 0 aliphatic heterocycles. The van der Waals surface area contributed by atoms with Crippen molar-refractivity contribution in [1.29, 1.82) is 0 Å². The summed E-state index contributed by atoms with van der Waals surface area (Å²) in [5.74, 6) is -0.596. The average Bonchev–Trinajstić information content (AvgIpc) is 3.24. The predicted octanol–water partition coefficient (Wildman–Crippen LogP) is 6.29. The minimum absolute atomic E-state index is 0.108. The van der Waals surface area contributed by atoms with Crippen molar-refractivity contribution >= 4 is 62.5 Å². The summed E-state index contributed by atoms with van der Waals surface area (Å²) in [4.78, 5) is 20.4. The Morgan fingerprint density at radius 2 is 1.89 bits per heavy atom. The van der Waals surface area contributed by atoms with E-state index in [-0.39, 0.29) is 4.91 Å². The Labute approximate surface area is 177 Å². The van der Waals surface area contributed by atoms with Crippen molar-refractivity contribution in [2.24, 2.45) is 0 Å². The third kappa shape index (κ3) is 4.35. The average molecular weight is 473 g/mol. The molecule has 0 atom stereocenters. The van der Waals surface area contributed by atoms with Crippen molar-refractivity contribution in [3.63, 3.8) is 0 Å². The molecule has 2 N–H and O–H groups in total. The molecule has 28 heavy (non-hydrogen) atoms. The first-order valence-electron chi connectivity index (χ1n) is 8.18. The molecule has 2 aromatic carbocycles. The van der Waals surface area contributed by atoms with Crippen molar-refractivity contribution in [2.45, 2.75) is 15.1 Å². The second-order valence-corrected chi connectivity index (χ2v) is 8.61. The zero-order valence-corrected chi connectivity index (χ0v) is 17.5. The number of carbonyl (C=O) groups is 1. The first-order chi connectivity index (χ1) is 13.6. The van der Waals surface area contributed by atoms with Gasteiger partial charge >= 0.3 is 5.97 Å². The number of nitrogens with one attached hydrogen (secondary N) is 1. The zero-order valence-electron chi connectivity index (χ0n) is 14.3. The minimum Gasteiger partial charge on any atom is -0.477 e. The Balaban J connectivity index is 1.59. The predicted molar refractivity (Wildman–Crippen MR) is 115 cm³/mol. The largest absolute Gasteiger partial charge is 0.477 e. The Morgan fingerprint density at radius 3 is 2.64 bits per heavy atom. The van der Waals surface area contributed by atoms with Crippen LogP contribution in [0.15, 0.2) is 89.6 Å². The summed E-state index contributed by atoms with van der Waals surface area (Å²) >= 11 is 5.99. The maximum Gasteiger partial charge on any atom is 0.342 e. The summed E-state index contributed by atoms with van der Waals surface area (Å²) in [6.45, 7) is 0. The van der Waals surface area contributed by atoms with Gasteiger partial charge in [-0.1, -0.05) is 42.1 Å². The van der Waals surface area contributed by atoms with Crippen LogP contribution >= 0.6 is 39.5 Å². The van der Waals surface area contributed by atoms with Crippen molar-refractivity contribution in [3.8, 4) is 0 Å². The van der Waals surface area contributed by atoms with Gasteiger partial charge in [-0.05, 0) is 58.0 Å². The first-order valence-corrected chi connectivity index (χ1v) is 10.6. The normalized spacial score (nSPS) is 11.8. The molecule has 140 valence electrons. The number of hydrogen-bond acceptors (Lipinski definition) is 5. The van der Waals surface area contributed by atoms with E-state index < -0.39 is 5.97 Å². The van der Waals surface area contributed by atoms with E-state index in [1.165, 1.54) is 17.8 Å². The van der Waals surface area contributed by atoms with E-state index in [9.17, 15) is 9.90 Å². The van der Waals surface area contributed by atoms with E-state index in [0.29, 0.717) is 16.0 Å². The number of fused-ring (bicyclic) bond motifs is 1. The number of thioether (sulfide) groups is 1. The quantitative estimate of drug-likeness (QED) is 0.253. The molecule has 0 amide bonds. The molecule has 4 aromatic rings. The number of para-hydroxylation sites is 2. The lowest BCUT2D eigenvalue weighted by Gasteiger charge is -1.99. The van der Waals surface area contributed by atoms with Gasteiger partial charge in [-0.25, -0.2) is 9.78 Å². The lowest BCUT2D eigenvalue weighted by Crippen LogP contribution is -1.96. The Kier molecular flexibility index (Phi) is 5.61. The van der Waals surface area contributed by atoms with Gasteiger partial charge in [-0.2, -0.15) is 0 Å². The van der Waals surface area contributed by atoms with Crippen LogP contribution in [0.25, 0.3) is 17.1 Å². The van der Waals surface area contributed by atoms with Crippen LogP contribution in [0, 0.1) is 0 Å². The monoisotopic (exact) mass is 472 g/mol. The molecular formula is C20H13BrN2O3S2. The lowest BCUT2D eigenvalue weighted by atomic mass is 10.3. The molecule has 0 bridgehead atoms.